The molecule has 0 spiro atoms. The van der Waals surface area contributed by atoms with Crippen LogP contribution in [0.1, 0.15) is 45.1 Å². The third-order valence-electron chi connectivity index (χ3n) is 7.04. The summed E-state index contributed by atoms with van der Waals surface area (Å²) in [5, 5.41) is 0. The van der Waals surface area contributed by atoms with Crippen molar-refractivity contribution < 1.29 is 23.5 Å². The zero-order valence-corrected chi connectivity index (χ0v) is 20.7. The molecule has 2 saturated heterocycles. The highest BCUT2D eigenvalue weighted by Gasteiger charge is 2.45. The van der Waals surface area contributed by atoms with Gasteiger partial charge in [0.1, 0.15) is 23.8 Å². The number of piperidine rings is 1. The van der Waals surface area contributed by atoms with E-state index in [1.165, 1.54) is 6.07 Å². The highest BCUT2D eigenvalue weighted by atomic mass is 19.1. The summed E-state index contributed by atoms with van der Waals surface area (Å²) in [4.78, 5) is 30.5. The van der Waals surface area contributed by atoms with Gasteiger partial charge in [-0.05, 0) is 51.3 Å². The summed E-state index contributed by atoms with van der Waals surface area (Å²) in [6, 6.07) is 15.8. The third-order valence-corrected chi connectivity index (χ3v) is 7.04. The summed E-state index contributed by atoms with van der Waals surface area (Å²) in [7, 11) is 0. The van der Waals surface area contributed by atoms with Gasteiger partial charge in [-0.25, -0.2) is 4.39 Å². The van der Waals surface area contributed by atoms with Crippen molar-refractivity contribution in [1.82, 2.24) is 9.80 Å². The number of morpholine rings is 1. The van der Waals surface area contributed by atoms with Crippen molar-refractivity contribution >= 4 is 11.8 Å². The number of amides is 2. The van der Waals surface area contributed by atoms with Gasteiger partial charge in [0.25, 0.3) is 0 Å². The molecule has 4 rings (SSSR count). The van der Waals surface area contributed by atoms with E-state index < -0.39 is 16.8 Å². The predicted octanol–water partition coefficient (Wildman–Crippen LogP) is 4.18. The molecule has 0 saturated carbocycles. The molecule has 188 valence electrons. The Bertz CT molecular complexity index is 1020. The average molecular weight is 483 g/mol. The van der Waals surface area contributed by atoms with Gasteiger partial charge in [-0.15, -0.1) is 0 Å². The fourth-order valence-corrected chi connectivity index (χ4v) is 5.00. The number of likely N-dealkylation sites (tertiary alicyclic amines) is 1. The summed E-state index contributed by atoms with van der Waals surface area (Å²) >= 11 is 0. The molecule has 0 bridgehead atoms. The predicted molar refractivity (Wildman–Crippen MR) is 132 cm³/mol. The van der Waals surface area contributed by atoms with Crippen molar-refractivity contribution in [3.63, 3.8) is 0 Å². The number of ether oxygens (including phenoxy) is 2. The minimum atomic E-state index is -1.06. The largest absolute Gasteiger partial charge is 0.490 e. The lowest BCUT2D eigenvalue weighted by Crippen LogP contribution is -2.60. The van der Waals surface area contributed by atoms with Crippen molar-refractivity contribution in [3.8, 4) is 5.75 Å². The van der Waals surface area contributed by atoms with Crippen LogP contribution >= 0.6 is 0 Å². The molecular formula is C28H35FN2O4. The zero-order chi connectivity index (χ0) is 24.9. The van der Waals surface area contributed by atoms with Gasteiger partial charge < -0.3 is 19.3 Å². The molecule has 2 aliphatic heterocycles. The maximum atomic E-state index is 14.6. The van der Waals surface area contributed by atoms with Crippen molar-refractivity contribution in [2.75, 3.05) is 39.4 Å². The highest BCUT2D eigenvalue weighted by Crippen LogP contribution is 2.32. The van der Waals surface area contributed by atoms with E-state index in [-0.39, 0.29) is 38.0 Å². The van der Waals surface area contributed by atoms with Crippen LogP contribution in [0.25, 0.3) is 0 Å². The summed E-state index contributed by atoms with van der Waals surface area (Å²) in [5.74, 6) is 0.0959. The molecule has 2 amide bonds. The van der Waals surface area contributed by atoms with Crippen LogP contribution in [0.4, 0.5) is 4.39 Å². The van der Waals surface area contributed by atoms with Gasteiger partial charge in [0.05, 0.1) is 25.0 Å². The Labute approximate surface area is 207 Å². The molecule has 0 aromatic heterocycles. The third kappa shape index (κ3) is 5.84. The summed E-state index contributed by atoms with van der Waals surface area (Å²) < 4.78 is 26.9. The highest BCUT2D eigenvalue weighted by molar-refractivity contribution is 5.88. The first kappa shape index (κ1) is 25.2. The van der Waals surface area contributed by atoms with E-state index in [0.29, 0.717) is 17.9 Å². The summed E-state index contributed by atoms with van der Waals surface area (Å²) in [6.07, 6.45) is 3.27. The van der Waals surface area contributed by atoms with Gasteiger partial charge in [-0.3, -0.25) is 9.59 Å². The SMILES string of the molecule is CC(C)(C(=O)N1CCOC(COc2ccccc2)(CC(=O)N2CCCCC2)C1)c1ccccc1F. The molecule has 2 fully saturated rings. The quantitative estimate of drug-likeness (QED) is 0.594. The number of hydrogen-bond donors (Lipinski definition) is 0. The molecule has 6 nitrogen and oxygen atoms in total. The number of para-hydroxylation sites is 1. The van der Waals surface area contributed by atoms with Crippen molar-refractivity contribution in [3.05, 3.63) is 66.0 Å². The number of carbonyl (C=O) groups is 2. The smallest absolute Gasteiger partial charge is 0.232 e. The Hall–Kier alpha value is -2.93. The van der Waals surface area contributed by atoms with E-state index in [0.717, 1.165) is 32.4 Å². The molecule has 2 aliphatic rings. The molecule has 2 aromatic carbocycles. The van der Waals surface area contributed by atoms with Crippen LogP contribution < -0.4 is 4.74 Å². The topological polar surface area (TPSA) is 59.1 Å². The van der Waals surface area contributed by atoms with Gasteiger partial charge in [0, 0.05) is 25.2 Å². The molecule has 35 heavy (non-hydrogen) atoms. The molecule has 2 aromatic rings. The minimum Gasteiger partial charge on any atom is -0.490 e. The Kier molecular flexibility index (Phi) is 7.75. The number of benzene rings is 2. The Balaban J connectivity index is 1.56. The van der Waals surface area contributed by atoms with Crippen LogP contribution in [0.2, 0.25) is 0 Å². The Morgan fingerprint density at radius 1 is 0.971 bits per heavy atom. The molecule has 0 radical (unpaired) electrons. The number of halogens is 1. The molecule has 0 aliphatic carbocycles. The van der Waals surface area contributed by atoms with Crippen LogP contribution in [-0.2, 0) is 19.7 Å². The fraction of sp³-hybridized carbons (Fsp3) is 0.500. The lowest BCUT2D eigenvalue weighted by molar-refractivity contribution is -0.168. The lowest BCUT2D eigenvalue weighted by Gasteiger charge is -2.45. The molecule has 2 heterocycles. The average Bonchev–Trinajstić information content (AvgIpc) is 2.88. The Morgan fingerprint density at radius 2 is 1.66 bits per heavy atom. The molecule has 7 heteroatoms. The minimum absolute atomic E-state index is 0.0176. The van der Waals surface area contributed by atoms with Crippen LogP contribution in [0.15, 0.2) is 54.6 Å². The number of rotatable bonds is 7. The molecule has 1 atom stereocenters. The second-order valence-electron chi connectivity index (χ2n) is 10.1. The number of nitrogens with zero attached hydrogens (tertiary/aromatic N) is 2. The van der Waals surface area contributed by atoms with Crippen molar-refractivity contribution in [2.24, 2.45) is 0 Å². The van der Waals surface area contributed by atoms with Crippen molar-refractivity contribution in [2.45, 2.75) is 50.5 Å². The number of carbonyl (C=O) groups excluding carboxylic acids is 2. The maximum Gasteiger partial charge on any atom is 0.232 e. The van der Waals surface area contributed by atoms with E-state index >= 15 is 0 Å². The molecular weight excluding hydrogens is 447 g/mol. The lowest BCUT2D eigenvalue weighted by atomic mass is 9.82. The molecule has 0 N–H and O–H groups in total. The van der Waals surface area contributed by atoms with E-state index in [1.807, 2.05) is 35.2 Å². The summed E-state index contributed by atoms with van der Waals surface area (Å²) in [6.45, 7) is 5.98. The van der Waals surface area contributed by atoms with Gasteiger partial charge in [-0.1, -0.05) is 36.4 Å². The second kappa shape index (κ2) is 10.8. The van der Waals surface area contributed by atoms with Gasteiger partial charge in [0.2, 0.25) is 11.8 Å². The first-order valence-corrected chi connectivity index (χ1v) is 12.4. The van der Waals surface area contributed by atoms with Crippen molar-refractivity contribution in [1.29, 1.82) is 0 Å². The monoisotopic (exact) mass is 482 g/mol. The summed E-state index contributed by atoms with van der Waals surface area (Å²) in [5.41, 5.74) is -1.69. The van der Waals surface area contributed by atoms with Gasteiger partial charge >= 0.3 is 0 Å². The normalized spacial score (nSPS) is 21.0. The van der Waals surface area contributed by atoms with Gasteiger partial charge in [0.15, 0.2) is 0 Å². The van der Waals surface area contributed by atoms with E-state index in [1.54, 1.807) is 36.9 Å². The van der Waals surface area contributed by atoms with E-state index in [2.05, 4.69) is 0 Å². The second-order valence-corrected chi connectivity index (χ2v) is 10.1. The Morgan fingerprint density at radius 3 is 2.37 bits per heavy atom. The van der Waals surface area contributed by atoms with Crippen LogP contribution in [0.3, 0.4) is 0 Å². The fourth-order valence-electron chi connectivity index (χ4n) is 5.00. The van der Waals surface area contributed by atoms with Crippen LogP contribution in [0, 0.1) is 5.82 Å². The van der Waals surface area contributed by atoms with E-state index in [9.17, 15) is 14.0 Å². The number of hydrogen-bond acceptors (Lipinski definition) is 4. The standard InChI is InChI=1S/C28H35FN2O4/c1-27(2,23-13-7-8-14-24(23)29)26(33)31-17-18-35-28(20-31,21-34-22-11-5-3-6-12-22)19-25(32)30-15-9-4-10-16-30/h3,5-8,11-14H,4,9-10,15-21H2,1-2H3. The van der Waals surface area contributed by atoms with Gasteiger partial charge in [-0.2, -0.15) is 0 Å². The van der Waals surface area contributed by atoms with E-state index in [4.69, 9.17) is 9.47 Å². The molecule has 1 unspecified atom stereocenters. The zero-order valence-electron chi connectivity index (χ0n) is 20.7. The first-order valence-electron chi connectivity index (χ1n) is 12.4. The van der Waals surface area contributed by atoms with Crippen LogP contribution in [-0.4, -0.2) is 66.6 Å². The maximum absolute atomic E-state index is 14.6. The van der Waals surface area contributed by atoms with Crippen LogP contribution in [0.5, 0.6) is 5.75 Å². The first-order chi connectivity index (χ1) is 16.8.